The Labute approximate surface area is 62.3 Å². The molecule has 10 heavy (non-hydrogen) atoms. The summed E-state index contributed by atoms with van der Waals surface area (Å²) < 4.78 is 34.1. The Kier molecular flexibility index (Phi) is 5.14. The van der Waals surface area contributed by atoms with Gasteiger partial charge in [0.05, 0.1) is 0 Å². The van der Waals surface area contributed by atoms with Crippen molar-refractivity contribution in [3.63, 3.8) is 0 Å². The van der Waals surface area contributed by atoms with Crippen molar-refractivity contribution in [2.75, 3.05) is 0 Å². The highest BCUT2D eigenvalue weighted by molar-refractivity contribution is 7.80. The second-order valence-corrected chi connectivity index (χ2v) is 10.2. The molecule has 3 nitrogen and oxygen atoms in total. The van der Waals surface area contributed by atoms with Gasteiger partial charge in [0, 0.05) is 8.07 Å². The zero-order chi connectivity index (χ0) is 9.00. The molecular formula is C4H13FO3SSi. The monoisotopic (exact) mass is 188 g/mol. The quantitative estimate of drug-likeness (QED) is 0.358. The molecule has 0 bridgehead atoms. The molecule has 0 aromatic rings. The summed E-state index contributed by atoms with van der Waals surface area (Å²) in [6.45, 7) is 9.31. The zero-order valence-corrected chi connectivity index (χ0v) is 8.37. The number of halogens is 1. The first kappa shape index (κ1) is 12.7. The van der Waals surface area contributed by atoms with Gasteiger partial charge in [-0.25, -0.2) is 0 Å². The van der Waals surface area contributed by atoms with Crippen LogP contribution in [0.4, 0.5) is 3.89 Å². The summed E-state index contributed by atoms with van der Waals surface area (Å²) in [5.74, 6) is 0. The van der Waals surface area contributed by atoms with E-state index >= 15 is 0 Å². The first-order valence-electron chi connectivity index (χ1n) is 2.67. The van der Waals surface area contributed by atoms with Crippen LogP contribution >= 0.6 is 0 Å². The third kappa shape index (κ3) is 124000. The van der Waals surface area contributed by atoms with E-state index in [4.69, 9.17) is 13.0 Å². The van der Waals surface area contributed by atoms with Crippen molar-refractivity contribution in [1.82, 2.24) is 0 Å². The summed E-state index contributed by atoms with van der Waals surface area (Å²) in [7, 11) is -5.78. The molecule has 0 radical (unpaired) electrons. The minimum Gasteiger partial charge on any atom is -0.260 e. The second-order valence-electron chi connectivity index (χ2n) is 3.41. The maximum atomic E-state index is 10.2. The number of rotatable bonds is 0. The van der Waals surface area contributed by atoms with E-state index in [1.165, 1.54) is 0 Å². The third-order valence-corrected chi connectivity index (χ3v) is 0. The van der Waals surface area contributed by atoms with Gasteiger partial charge in [0.2, 0.25) is 0 Å². The van der Waals surface area contributed by atoms with Crippen LogP contribution in [0.1, 0.15) is 0 Å². The van der Waals surface area contributed by atoms with Crippen molar-refractivity contribution >= 4 is 18.6 Å². The molecule has 0 aliphatic carbocycles. The molecule has 0 rings (SSSR count). The van der Waals surface area contributed by atoms with E-state index in [9.17, 15) is 3.89 Å². The molecule has 64 valence electrons. The van der Waals surface area contributed by atoms with Gasteiger partial charge >= 0.3 is 10.5 Å². The molecule has 6 heteroatoms. The van der Waals surface area contributed by atoms with Gasteiger partial charge in [0.1, 0.15) is 0 Å². The molecule has 0 unspecified atom stereocenters. The average molecular weight is 188 g/mol. The third-order valence-electron chi connectivity index (χ3n) is 0. The molecule has 0 aromatic carbocycles. The molecule has 0 aliphatic heterocycles. The van der Waals surface area contributed by atoms with Crippen molar-refractivity contribution < 1.29 is 16.9 Å². The lowest BCUT2D eigenvalue weighted by molar-refractivity contribution is 0.435. The van der Waals surface area contributed by atoms with Gasteiger partial charge in [-0.1, -0.05) is 30.1 Å². The van der Waals surface area contributed by atoms with Gasteiger partial charge < -0.3 is 0 Å². The Morgan fingerprint density at radius 1 is 1.20 bits per heavy atom. The summed E-state index contributed by atoms with van der Waals surface area (Å²) in [4.78, 5) is 0. The number of hydrogen-bond donors (Lipinski definition) is 1. The molecule has 0 fully saturated rings. The lowest BCUT2D eigenvalue weighted by Crippen LogP contribution is -2.10. The van der Waals surface area contributed by atoms with E-state index in [-0.39, 0.29) is 0 Å². The van der Waals surface area contributed by atoms with Crippen LogP contribution in [0.3, 0.4) is 0 Å². The SMILES string of the molecule is C[Si](C)(C)C.O=S(=O)(O)F. The minimum atomic E-state index is -5.17. The average Bonchev–Trinajstić information content (AvgIpc) is 1.12. The van der Waals surface area contributed by atoms with Crippen LogP contribution in [0, 0.1) is 0 Å². The maximum Gasteiger partial charge on any atom is 0.435 e. The summed E-state index contributed by atoms with van der Waals surface area (Å²) in [6, 6.07) is 0. The molecule has 0 aliphatic rings. The van der Waals surface area contributed by atoms with Crippen LogP contribution in [0.2, 0.25) is 26.2 Å². The van der Waals surface area contributed by atoms with Crippen molar-refractivity contribution in [2.24, 2.45) is 0 Å². The van der Waals surface area contributed by atoms with Crippen LogP contribution in [0.15, 0.2) is 0 Å². The van der Waals surface area contributed by atoms with Gasteiger partial charge in [-0.05, 0) is 0 Å². The normalized spacial score (nSPS) is 11.8. The molecule has 0 atom stereocenters. The molecule has 1 N–H and O–H groups in total. The smallest absolute Gasteiger partial charge is 0.260 e. The van der Waals surface area contributed by atoms with E-state index in [1.54, 1.807) is 0 Å². The fourth-order valence-corrected chi connectivity index (χ4v) is 0. The lowest BCUT2D eigenvalue weighted by Gasteiger charge is -2.01. The van der Waals surface area contributed by atoms with Gasteiger partial charge in [-0.15, -0.1) is 0 Å². The largest absolute Gasteiger partial charge is 0.435 e. The summed E-state index contributed by atoms with van der Waals surface area (Å²) >= 11 is 0. The molecular weight excluding hydrogens is 175 g/mol. The van der Waals surface area contributed by atoms with Crippen LogP contribution in [-0.2, 0) is 10.5 Å². The van der Waals surface area contributed by atoms with Crippen LogP contribution in [0.5, 0.6) is 0 Å². The van der Waals surface area contributed by atoms with E-state index in [1.807, 2.05) is 0 Å². The van der Waals surface area contributed by atoms with E-state index in [0.717, 1.165) is 0 Å². The topological polar surface area (TPSA) is 54.4 Å². The Hall–Kier alpha value is 0.0569. The van der Waals surface area contributed by atoms with Gasteiger partial charge in [-0.3, -0.25) is 4.55 Å². The predicted octanol–water partition coefficient (Wildman–Crippen LogP) is 1.71. The first-order valence-corrected chi connectivity index (χ1v) is 8.01. The molecule has 0 saturated carbocycles. The van der Waals surface area contributed by atoms with Crippen molar-refractivity contribution in [2.45, 2.75) is 26.2 Å². The zero-order valence-electron chi connectivity index (χ0n) is 6.55. The van der Waals surface area contributed by atoms with Crippen molar-refractivity contribution in [1.29, 1.82) is 0 Å². The standard InChI is InChI=1S/C4H12Si.FHO3S/c2*1-5(2,3)4/h1-4H3;(H,2,3,4). The predicted molar refractivity (Wildman–Crippen MR) is 41.9 cm³/mol. The van der Waals surface area contributed by atoms with Crippen molar-refractivity contribution in [3.8, 4) is 0 Å². The van der Waals surface area contributed by atoms with Gasteiger partial charge in [-0.2, -0.15) is 8.42 Å². The second kappa shape index (κ2) is 4.04. The first-order chi connectivity index (χ1) is 4.00. The molecule has 0 aromatic heterocycles. The minimum absolute atomic E-state index is 0.611. The van der Waals surface area contributed by atoms with Crippen LogP contribution in [-0.4, -0.2) is 21.0 Å². The molecule has 0 spiro atoms. The fourth-order valence-electron chi connectivity index (χ4n) is 0. The van der Waals surface area contributed by atoms with Crippen molar-refractivity contribution in [3.05, 3.63) is 0 Å². The van der Waals surface area contributed by atoms with Gasteiger partial charge in [0.25, 0.3) is 0 Å². The van der Waals surface area contributed by atoms with E-state index in [2.05, 4.69) is 26.2 Å². The van der Waals surface area contributed by atoms with Gasteiger partial charge in [0.15, 0.2) is 0 Å². The van der Waals surface area contributed by atoms with Crippen LogP contribution < -0.4 is 0 Å². The lowest BCUT2D eigenvalue weighted by atomic mass is 11.8. The molecule has 0 saturated heterocycles. The Morgan fingerprint density at radius 2 is 1.20 bits per heavy atom. The summed E-state index contributed by atoms with van der Waals surface area (Å²) in [5, 5.41) is 0. The fraction of sp³-hybridized carbons (Fsp3) is 1.00. The van der Waals surface area contributed by atoms with E-state index < -0.39 is 18.6 Å². The molecule has 0 heterocycles. The Morgan fingerprint density at radius 3 is 1.20 bits per heavy atom. The summed E-state index contributed by atoms with van der Waals surface area (Å²) in [6.07, 6.45) is 0. The van der Waals surface area contributed by atoms with Crippen LogP contribution in [0.25, 0.3) is 0 Å². The highest BCUT2D eigenvalue weighted by Gasteiger charge is 1.99. The maximum absolute atomic E-state index is 10.2. The Balaban J connectivity index is 0. The highest BCUT2D eigenvalue weighted by atomic mass is 32.3. The number of hydrogen-bond acceptors (Lipinski definition) is 2. The highest BCUT2D eigenvalue weighted by Crippen LogP contribution is 1.94. The van der Waals surface area contributed by atoms with E-state index in [0.29, 0.717) is 0 Å². The molecule has 0 amide bonds. The Bertz CT molecular complexity index is 155. The summed E-state index contributed by atoms with van der Waals surface area (Å²) in [5.41, 5.74) is 0.